The van der Waals surface area contributed by atoms with Gasteiger partial charge >= 0.3 is 6.03 Å². The number of rotatable bonds is 8. The zero-order valence-corrected chi connectivity index (χ0v) is 15.3. The average molecular weight is 391 g/mol. The summed E-state index contributed by atoms with van der Waals surface area (Å²) in [6.07, 6.45) is 1.81. The molecule has 0 atom stereocenters. The number of thiazole rings is 1. The molecule has 2 rings (SSSR count). The molecule has 11 heteroatoms. The van der Waals surface area contributed by atoms with Gasteiger partial charge in [-0.15, -0.1) is 11.3 Å². The van der Waals surface area contributed by atoms with Gasteiger partial charge in [-0.3, -0.25) is 4.84 Å². The maximum absolute atomic E-state index is 11.9. The van der Waals surface area contributed by atoms with E-state index in [-0.39, 0.29) is 12.6 Å². The van der Waals surface area contributed by atoms with Crippen molar-refractivity contribution in [2.24, 2.45) is 16.5 Å². The number of thioether (sulfide) groups is 1. The number of guanidine groups is 1. The predicted octanol–water partition coefficient (Wildman–Crippen LogP) is 1.91. The Labute approximate surface area is 158 Å². The van der Waals surface area contributed by atoms with Gasteiger partial charge in [-0.1, -0.05) is 18.2 Å². The topological polar surface area (TPSA) is 143 Å². The van der Waals surface area contributed by atoms with Crippen LogP contribution in [0.25, 0.3) is 0 Å². The van der Waals surface area contributed by atoms with Gasteiger partial charge in [0.15, 0.2) is 12.2 Å². The summed E-state index contributed by atoms with van der Waals surface area (Å²) in [6.45, 7) is 0.287. The van der Waals surface area contributed by atoms with Crippen molar-refractivity contribution in [1.29, 1.82) is 5.26 Å². The van der Waals surface area contributed by atoms with E-state index in [0.717, 1.165) is 10.6 Å². The molecule has 0 aliphatic carbocycles. The summed E-state index contributed by atoms with van der Waals surface area (Å²) >= 11 is 2.94. The van der Waals surface area contributed by atoms with Gasteiger partial charge in [0.25, 0.3) is 0 Å². The lowest BCUT2D eigenvalue weighted by Gasteiger charge is -2.14. The van der Waals surface area contributed by atoms with E-state index in [1.807, 2.05) is 11.6 Å². The van der Waals surface area contributed by atoms with E-state index in [1.165, 1.54) is 11.3 Å². The van der Waals surface area contributed by atoms with Gasteiger partial charge in [0.2, 0.25) is 5.13 Å². The smallest absolute Gasteiger partial charge is 0.359 e. The van der Waals surface area contributed by atoms with Gasteiger partial charge in [-0.2, -0.15) is 26.9 Å². The number of nitrogens with two attached hydrogens (primary N) is 2. The lowest BCUT2D eigenvalue weighted by atomic mass is 10.3. The Morgan fingerprint density at radius 1 is 1.42 bits per heavy atom. The molecule has 0 aliphatic heterocycles. The molecule has 5 N–H and O–H groups in total. The molecule has 0 spiro atoms. The normalized spacial score (nSPS) is 9.96. The van der Waals surface area contributed by atoms with Gasteiger partial charge in [-0.05, 0) is 12.1 Å². The number of aliphatic imine (C=N–C) groups is 1. The van der Waals surface area contributed by atoms with E-state index in [1.54, 1.807) is 42.1 Å². The van der Waals surface area contributed by atoms with Crippen molar-refractivity contribution in [1.82, 2.24) is 10.5 Å². The highest BCUT2D eigenvalue weighted by atomic mass is 32.2. The molecule has 1 aromatic carbocycles. The van der Waals surface area contributed by atoms with Crippen LogP contribution in [-0.4, -0.2) is 29.3 Å². The number of carbonyl (C=O) groups is 1. The highest BCUT2D eigenvalue weighted by Crippen LogP contribution is 2.21. The van der Waals surface area contributed by atoms with Crippen molar-refractivity contribution in [3.8, 4) is 6.19 Å². The number of para-hydroxylation sites is 1. The zero-order valence-electron chi connectivity index (χ0n) is 13.7. The number of benzene rings is 1. The number of hydrogen-bond acceptors (Lipinski definition) is 7. The first kappa shape index (κ1) is 19.5. The second kappa shape index (κ2) is 10.2. The van der Waals surface area contributed by atoms with Gasteiger partial charge < -0.3 is 11.5 Å². The molecule has 9 nitrogen and oxygen atoms in total. The number of nitrogens with zero attached hydrogens (tertiary/aromatic N) is 4. The van der Waals surface area contributed by atoms with Crippen LogP contribution in [0.3, 0.4) is 0 Å². The fourth-order valence-corrected chi connectivity index (χ4v) is 3.27. The van der Waals surface area contributed by atoms with Gasteiger partial charge in [-0.25, -0.2) is 15.3 Å². The SMILES string of the molecule is N#CN(C(=O)NOCCSCc1csc(N=C(N)N)n1)c1ccccc1. The van der Waals surface area contributed by atoms with Crippen molar-refractivity contribution >= 4 is 45.9 Å². The fourth-order valence-electron chi connectivity index (χ4n) is 1.76. The third-order valence-corrected chi connectivity index (χ3v) is 4.56. The second-order valence-electron chi connectivity index (χ2n) is 4.74. The monoisotopic (exact) mass is 391 g/mol. The van der Waals surface area contributed by atoms with Crippen molar-refractivity contribution in [2.75, 3.05) is 17.3 Å². The van der Waals surface area contributed by atoms with E-state index >= 15 is 0 Å². The summed E-state index contributed by atoms with van der Waals surface area (Å²) in [6, 6.07) is 7.94. The quantitative estimate of drug-likeness (QED) is 0.156. The largest absolute Gasteiger partial charge is 0.370 e. The third kappa shape index (κ3) is 6.25. The Kier molecular flexibility index (Phi) is 7.69. The number of nitriles is 1. The molecule has 0 unspecified atom stereocenters. The first-order valence-corrected chi connectivity index (χ1v) is 9.42. The number of nitrogens with one attached hydrogen (secondary N) is 1. The molecule has 0 saturated heterocycles. The molecule has 2 amide bonds. The van der Waals surface area contributed by atoms with Crippen LogP contribution in [0.4, 0.5) is 15.6 Å². The van der Waals surface area contributed by atoms with Gasteiger partial charge in [0, 0.05) is 16.9 Å². The lowest BCUT2D eigenvalue weighted by molar-refractivity contribution is 0.0760. The number of amides is 2. The van der Waals surface area contributed by atoms with Crippen LogP contribution in [0.5, 0.6) is 0 Å². The number of hydrogen-bond donors (Lipinski definition) is 3. The minimum Gasteiger partial charge on any atom is -0.370 e. The Balaban J connectivity index is 1.66. The Bertz CT molecular complexity index is 785. The van der Waals surface area contributed by atoms with Crippen LogP contribution in [0.2, 0.25) is 0 Å². The number of aromatic nitrogens is 1. The number of hydroxylamine groups is 1. The van der Waals surface area contributed by atoms with Crippen LogP contribution in [-0.2, 0) is 10.6 Å². The molecule has 0 aliphatic rings. The molecule has 136 valence electrons. The molecule has 0 saturated carbocycles. The molecule has 2 aromatic rings. The van der Waals surface area contributed by atoms with Crippen molar-refractivity contribution in [3.63, 3.8) is 0 Å². The summed E-state index contributed by atoms with van der Waals surface area (Å²) in [5.41, 5.74) is 14.2. The van der Waals surface area contributed by atoms with Crippen LogP contribution < -0.4 is 21.8 Å². The number of carbonyl (C=O) groups excluding carboxylic acids is 1. The van der Waals surface area contributed by atoms with Crippen molar-refractivity contribution in [3.05, 3.63) is 41.4 Å². The summed E-state index contributed by atoms with van der Waals surface area (Å²) < 4.78 is 0. The molecule has 0 bridgehead atoms. The van der Waals surface area contributed by atoms with E-state index in [0.29, 0.717) is 22.3 Å². The van der Waals surface area contributed by atoms with Crippen LogP contribution >= 0.6 is 23.1 Å². The van der Waals surface area contributed by atoms with Crippen molar-refractivity contribution in [2.45, 2.75) is 5.75 Å². The molecule has 26 heavy (non-hydrogen) atoms. The van der Waals surface area contributed by atoms with Gasteiger partial charge in [0.1, 0.15) is 0 Å². The molecule has 0 fully saturated rings. The fraction of sp³-hybridized carbons (Fsp3) is 0.200. The highest BCUT2D eigenvalue weighted by Gasteiger charge is 2.14. The number of anilines is 1. The zero-order chi connectivity index (χ0) is 18.8. The minimum atomic E-state index is -0.648. The summed E-state index contributed by atoms with van der Waals surface area (Å²) in [7, 11) is 0. The van der Waals surface area contributed by atoms with E-state index in [9.17, 15) is 4.79 Å². The Hall–Kier alpha value is -2.81. The molecular weight excluding hydrogens is 374 g/mol. The Morgan fingerprint density at radius 3 is 2.88 bits per heavy atom. The predicted molar refractivity (Wildman–Crippen MR) is 103 cm³/mol. The average Bonchev–Trinajstić information content (AvgIpc) is 3.06. The van der Waals surface area contributed by atoms with E-state index < -0.39 is 6.03 Å². The van der Waals surface area contributed by atoms with Crippen LogP contribution in [0, 0.1) is 11.5 Å². The van der Waals surface area contributed by atoms with E-state index in [2.05, 4.69) is 15.5 Å². The lowest BCUT2D eigenvalue weighted by Crippen LogP contribution is -2.37. The Morgan fingerprint density at radius 2 is 2.19 bits per heavy atom. The summed E-state index contributed by atoms with van der Waals surface area (Å²) in [4.78, 5) is 26.1. The van der Waals surface area contributed by atoms with E-state index in [4.69, 9.17) is 21.6 Å². The molecular formula is C15H17N7O2S2. The number of urea groups is 1. The highest BCUT2D eigenvalue weighted by molar-refractivity contribution is 7.98. The van der Waals surface area contributed by atoms with Crippen molar-refractivity contribution < 1.29 is 9.63 Å². The standard InChI is InChI=1S/C15H17N7O2S2/c16-10-22(12-4-2-1-3-5-12)15(23)21-24-6-7-25-8-11-9-26-14(19-11)20-13(17)18/h1-5,9H,6-8H2,(H,21,23)(H4,17,18,19,20). The minimum absolute atomic E-state index is 0.0235. The second-order valence-corrected chi connectivity index (χ2v) is 6.68. The molecule has 1 aromatic heterocycles. The van der Waals surface area contributed by atoms with Crippen LogP contribution in [0.1, 0.15) is 5.69 Å². The summed E-state index contributed by atoms with van der Waals surface area (Å²) in [5.74, 6) is 1.28. The van der Waals surface area contributed by atoms with Crippen LogP contribution in [0.15, 0.2) is 40.7 Å². The summed E-state index contributed by atoms with van der Waals surface area (Å²) in [5, 5.41) is 11.5. The first-order valence-electron chi connectivity index (χ1n) is 7.38. The molecule has 1 heterocycles. The maximum atomic E-state index is 11.9. The first-order chi connectivity index (χ1) is 12.6. The van der Waals surface area contributed by atoms with Gasteiger partial charge in [0.05, 0.1) is 18.0 Å². The maximum Gasteiger partial charge on any atom is 0.359 e. The third-order valence-electron chi connectivity index (χ3n) is 2.82. The molecule has 0 radical (unpaired) electrons.